The molecule has 0 aliphatic heterocycles. The van der Waals surface area contributed by atoms with E-state index in [0.29, 0.717) is 17.9 Å². The number of para-hydroxylation sites is 1. The Morgan fingerprint density at radius 3 is 2.71 bits per heavy atom. The van der Waals surface area contributed by atoms with Crippen molar-refractivity contribution < 1.29 is 9.53 Å². The topological polar surface area (TPSA) is 52.3 Å². The van der Waals surface area contributed by atoms with Crippen LogP contribution in [0.5, 0.6) is 5.75 Å². The number of carbonyl (C=O) groups is 1. The Balaban J connectivity index is 3.06. The highest BCUT2D eigenvalue weighted by molar-refractivity contribution is 6.18. The van der Waals surface area contributed by atoms with Gasteiger partial charge in [0.05, 0.1) is 6.61 Å². The van der Waals surface area contributed by atoms with Crippen LogP contribution >= 0.6 is 0 Å². The van der Waals surface area contributed by atoms with Gasteiger partial charge in [0, 0.05) is 11.1 Å². The number of benzene rings is 1. The zero-order valence-electron chi connectivity index (χ0n) is 8.12. The molecule has 2 N–H and O–H groups in total. The number of nitrogens with two attached hydrogens (primary N) is 1. The summed E-state index contributed by atoms with van der Waals surface area (Å²) in [4.78, 5) is 10.9. The van der Waals surface area contributed by atoms with Crippen LogP contribution in [0.25, 0.3) is 5.57 Å². The molecule has 3 nitrogen and oxygen atoms in total. The fraction of sp³-hybridized carbons (Fsp3) is 0.182. The molecular formula is C11H13NO2. The zero-order valence-corrected chi connectivity index (χ0v) is 8.12. The van der Waals surface area contributed by atoms with Crippen molar-refractivity contribution in [1.82, 2.24) is 0 Å². The second-order valence-corrected chi connectivity index (χ2v) is 2.77. The molecule has 0 spiro atoms. The average molecular weight is 191 g/mol. The second-order valence-electron chi connectivity index (χ2n) is 2.77. The molecule has 0 unspecified atom stereocenters. The van der Waals surface area contributed by atoms with E-state index in [1.54, 1.807) is 12.1 Å². The van der Waals surface area contributed by atoms with E-state index in [9.17, 15) is 4.79 Å². The van der Waals surface area contributed by atoms with E-state index in [1.807, 2.05) is 19.1 Å². The monoisotopic (exact) mass is 191 g/mol. The summed E-state index contributed by atoms with van der Waals surface area (Å²) < 4.78 is 5.34. The SMILES string of the molecule is C=C(C(N)=O)c1ccccc1OCC. The zero-order chi connectivity index (χ0) is 10.6. The normalized spacial score (nSPS) is 9.50. The van der Waals surface area contributed by atoms with Gasteiger partial charge in [-0.2, -0.15) is 0 Å². The molecule has 0 heterocycles. The summed E-state index contributed by atoms with van der Waals surface area (Å²) in [5.41, 5.74) is 6.07. The lowest BCUT2D eigenvalue weighted by atomic mass is 10.1. The lowest BCUT2D eigenvalue weighted by molar-refractivity contribution is -0.112. The van der Waals surface area contributed by atoms with Crippen LogP contribution in [0.2, 0.25) is 0 Å². The number of primary amides is 1. The molecule has 3 heteroatoms. The molecule has 0 atom stereocenters. The summed E-state index contributed by atoms with van der Waals surface area (Å²) in [5, 5.41) is 0. The van der Waals surface area contributed by atoms with Gasteiger partial charge in [-0.25, -0.2) is 0 Å². The van der Waals surface area contributed by atoms with E-state index >= 15 is 0 Å². The van der Waals surface area contributed by atoms with Gasteiger partial charge in [-0.3, -0.25) is 4.79 Å². The van der Waals surface area contributed by atoms with Crippen molar-refractivity contribution in [2.45, 2.75) is 6.92 Å². The van der Waals surface area contributed by atoms with Crippen molar-refractivity contribution in [3.8, 4) is 5.75 Å². The highest BCUT2D eigenvalue weighted by Crippen LogP contribution is 2.24. The standard InChI is InChI=1S/C11H13NO2/c1-3-14-10-7-5-4-6-9(10)8(2)11(12)13/h4-7H,2-3H2,1H3,(H2,12,13). The van der Waals surface area contributed by atoms with Gasteiger partial charge in [0.15, 0.2) is 0 Å². The first-order valence-electron chi connectivity index (χ1n) is 4.37. The van der Waals surface area contributed by atoms with Crippen molar-refractivity contribution >= 4 is 11.5 Å². The average Bonchev–Trinajstić information content (AvgIpc) is 2.18. The van der Waals surface area contributed by atoms with Crippen LogP contribution in [0, 0.1) is 0 Å². The smallest absolute Gasteiger partial charge is 0.248 e. The Morgan fingerprint density at radius 2 is 2.14 bits per heavy atom. The summed E-state index contributed by atoms with van der Waals surface area (Å²) in [6.45, 7) is 6.04. The number of amides is 1. The van der Waals surface area contributed by atoms with Gasteiger partial charge in [-0.1, -0.05) is 24.8 Å². The fourth-order valence-corrected chi connectivity index (χ4v) is 1.13. The maximum atomic E-state index is 10.9. The minimum absolute atomic E-state index is 0.272. The van der Waals surface area contributed by atoms with Gasteiger partial charge in [0.1, 0.15) is 5.75 Å². The summed E-state index contributed by atoms with van der Waals surface area (Å²) in [6, 6.07) is 7.19. The van der Waals surface area contributed by atoms with E-state index in [1.165, 1.54) is 0 Å². The van der Waals surface area contributed by atoms with E-state index < -0.39 is 5.91 Å². The van der Waals surface area contributed by atoms with Gasteiger partial charge in [-0.15, -0.1) is 0 Å². The first-order valence-corrected chi connectivity index (χ1v) is 4.37. The minimum atomic E-state index is -0.530. The fourth-order valence-electron chi connectivity index (χ4n) is 1.13. The number of carbonyl (C=O) groups excluding carboxylic acids is 1. The predicted octanol–water partition coefficient (Wildman–Crippen LogP) is 1.58. The number of ether oxygens (including phenoxy) is 1. The first kappa shape index (κ1) is 10.3. The van der Waals surface area contributed by atoms with Crippen LogP contribution in [0.4, 0.5) is 0 Å². The van der Waals surface area contributed by atoms with Crippen molar-refractivity contribution in [2.75, 3.05) is 6.61 Å². The van der Waals surface area contributed by atoms with Crippen molar-refractivity contribution in [2.24, 2.45) is 5.73 Å². The minimum Gasteiger partial charge on any atom is -0.493 e. The molecule has 0 bridgehead atoms. The summed E-state index contributed by atoms with van der Waals surface area (Å²) >= 11 is 0. The molecular weight excluding hydrogens is 178 g/mol. The quantitative estimate of drug-likeness (QED) is 0.734. The van der Waals surface area contributed by atoms with E-state index in [0.717, 1.165) is 0 Å². The lowest BCUT2D eigenvalue weighted by Gasteiger charge is -2.09. The Morgan fingerprint density at radius 1 is 1.50 bits per heavy atom. The molecule has 0 aliphatic carbocycles. The molecule has 1 rings (SSSR count). The number of hydrogen-bond donors (Lipinski definition) is 1. The maximum absolute atomic E-state index is 10.9. The van der Waals surface area contributed by atoms with Crippen LogP contribution in [0.3, 0.4) is 0 Å². The third-order valence-corrected chi connectivity index (χ3v) is 1.81. The van der Waals surface area contributed by atoms with E-state index in [4.69, 9.17) is 10.5 Å². The Labute approximate surface area is 83.2 Å². The van der Waals surface area contributed by atoms with Gasteiger partial charge in [-0.05, 0) is 13.0 Å². The predicted molar refractivity (Wildman–Crippen MR) is 55.8 cm³/mol. The van der Waals surface area contributed by atoms with E-state index in [-0.39, 0.29) is 5.57 Å². The third kappa shape index (κ3) is 2.13. The largest absolute Gasteiger partial charge is 0.493 e. The third-order valence-electron chi connectivity index (χ3n) is 1.81. The molecule has 0 radical (unpaired) electrons. The van der Waals surface area contributed by atoms with Crippen LogP contribution < -0.4 is 10.5 Å². The van der Waals surface area contributed by atoms with Gasteiger partial charge < -0.3 is 10.5 Å². The van der Waals surface area contributed by atoms with Crippen LogP contribution in [-0.2, 0) is 4.79 Å². The van der Waals surface area contributed by atoms with Gasteiger partial charge in [0.2, 0.25) is 5.91 Å². The molecule has 1 aromatic carbocycles. The number of hydrogen-bond acceptors (Lipinski definition) is 2. The molecule has 14 heavy (non-hydrogen) atoms. The maximum Gasteiger partial charge on any atom is 0.248 e. The molecule has 0 aliphatic rings. The second kappa shape index (κ2) is 4.46. The van der Waals surface area contributed by atoms with Crippen molar-refractivity contribution in [3.63, 3.8) is 0 Å². The molecule has 0 saturated heterocycles. The summed E-state index contributed by atoms with van der Waals surface area (Å²) in [5.74, 6) is 0.107. The van der Waals surface area contributed by atoms with Crippen molar-refractivity contribution in [3.05, 3.63) is 36.4 Å². The van der Waals surface area contributed by atoms with Crippen LogP contribution in [0.1, 0.15) is 12.5 Å². The molecule has 1 aromatic rings. The van der Waals surface area contributed by atoms with Crippen molar-refractivity contribution in [1.29, 1.82) is 0 Å². The molecule has 0 aromatic heterocycles. The highest BCUT2D eigenvalue weighted by Gasteiger charge is 2.10. The molecule has 0 saturated carbocycles. The van der Waals surface area contributed by atoms with E-state index in [2.05, 4.69) is 6.58 Å². The molecule has 1 amide bonds. The lowest BCUT2D eigenvalue weighted by Crippen LogP contribution is -2.12. The number of rotatable bonds is 4. The first-order chi connectivity index (χ1) is 6.66. The molecule has 74 valence electrons. The van der Waals surface area contributed by atoms with Crippen LogP contribution in [0.15, 0.2) is 30.8 Å². The molecule has 0 fully saturated rings. The Kier molecular flexibility index (Phi) is 3.29. The van der Waals surface area contributed by atoms with Gasteiger partial charge >= 0.3 is 0 Å². The summed E-state index contributed by atoms with van der Waals surface area (Å²) in [6.07, 6.45) is 0. The van der Waals surface area contributed by atoms with Crippen LogP contribution in [-0.4, -0.2) is 12.5 Å². The van der Waals surface area contributed by atoms with Gasteiger partial charge in [0.25, 0.3) is 0 Å². The Bertz CT molecular complexity index is 358. The highest BCUT2D eigenvalue weighted by atomic mass is 16.5. The Hall–Kier alpha value is -1.77. The summed E-state index contributed by atoms with van der Waals surface area (Å²) in [7, 11) is 0.